The highest BCUT2D eigenvalue weighted by molar-refractivity contribution is 9.10. The van der Waals surface area contributed by atoms with Crippen molar-refractivity contribution in [1.82, 2.24) is 10.3 Å². The lowest BCUT2D eigenvalue weighted by atomic mass is 10.2. The summed E-state index contributed by atoms with van der Waals surface area (Å²) < 4.78 is 1.11. The number of anilines is 1. The Hall–Kier alpha value is -0.910. The molecule has 0 amide bonds. The minimum absolute atomic E-state index is 0.875. The fourth-order valence-corrected chi connectivity index (χ4v) is 2.81. The number of hydrogen-bond acceptors (Lipinski definition) is 4. The second-order valence-corrected chi connectivity index (χ2v) is 6.13. The van der Waals surface area contributed by atoms with Crippen molar-refractivity contribution in [1.29, 1.82) is 0 Å². The summed E-state index contributed by atoms with van der Waals surface area (Å²) in [6.45, 7) is 1.75. The number of rotatable bonds is 5. The largest absolute Gasteiger partial charge is 0.347 e. The molecule has 2 rings (SSSR count). The van der Waals surface area contributed by atoms with Crippen molar-refractivity contribution in [2.45, 2.75) is 13.1 Å². The lowest BCUT2D eigenvalue weighted by Crippen LogP contribution is -2.15. The van der Waals surface area contributed by atoms with Crippen LogP contribution in [0.5, 0.6) is 0 Å². The first-order chi connectivity index (χ1) is 8.69. The second-order valence-electron chi connectivity index (χ2n) is 4.12. The van der Waals surface area contributed by atoms with Gasteiger partial charge in [-0.3, -0.25) is 0 Å². The molecule has 0 radical (unpaired) electrons. The average molecular weight is 326 g/mol. The van der Waals surface area contributed by atoms with Gasteiger partial charge < -0.3 is 10.2 Å². The summed E-state index contributed by atoms with van der Waals surface area (Å²) in [5.41, 5.74) is 1.28. The van der Waals surface area contributed by atoms with Gasteiger partial charge in [0.05, 0.1) is 0 Å². The number of aromatic nitrogens is 1. The van der Waals surface area contributed by atoms with Gasteiger partial charge in [0.2, 0.25) is 0 Å². The molecule has 1 heterocycles. The molecule has 1 aromatic heterocycles. The lowest BCUT2D eigenvalue weighted by Gasteiger charge is -2.15. The molecule has 0 bridgehead atoms. The Morgan fingerprint density at radius 1 is 1.33 bits per heavy atom. The number of nitrogens with zero attached hydrogens (tertiary/aromatic N) is 2. The van der Waals surface area contributed by atoms with Crippen molar-refractivity contribution < 1.29 is 0 Å². The molecular formula is C13H16BrN3S. The maximum absolute atomic E-state index is 4.44. The van der Waals surface area contributed by atoms with Gasteiger partial charge >= 0.3 is 0 Å². The van der Waals surface area contributed by atoms with Crippen molar-refractivity contribution in [2.75, 3.05) is 19.0 Å². The topological polar surface area (TPSA) is 28.2 Å². The molecule has 1 N–H and O–H groups in total. The highest BCUT2D eigenvalue weighted by Gasteiger charge is 2.07. The van der Waals surface area contributed by atoms with Crippen LogP contribution in [-0.2, 0) is 13.1 Å². The minimum atomic E-state index is 0.875. The van der Waals surface area contributed by atoms with Crippen LogP contribution in [0.4, 0.5) is 5.13 Å². The Bertz CT molecular complexity index is 495. The minimum Gasteiger partial charge on any atom is -0.347 e. The molecule has 3 nitrogen and oxygen atoms in total. The highest BCUT2D eigenvalue weighted by Crippen LogP contribution is 2.23. The Balaban J connectivity index is 2.02. The molecular weight excluding hydrogens is 310 g/mol. The monoisotopic (exact) mass is 325 g/mol. The smallest absolute Gasteiger partial charge is 0.185 e. The van der Waals surface area contributed by atoms with Crippen molar-refractivity contribution in [2.24, 2.45) is 0 Å². The van der Waals surface area contributed by atoms with Crippen LogP contribution in [0.25, 0.3) is 0 Å². The van der Waals surface area contributed by atoms with Gasteiger partial charge in [-0.15, -0.1) is 11.3 Å². The van der Waals surface area contributed by atoms with Crippen molar-refractivity contribution in [3.8, 4) is 0 Å². The van der Waals surface area contributed by atoms with Gasteiger partial charge in [0, 0.05) is 35.7 Å². The Labute approximate surface area is 120 Å². The number of benzene rings is 1. The summed E-state index contributed by atoms with van der Waals surface area (Å²) in [7, 11) is 4.02. The molecule has 0 saturated heterocycles. The number of halogens is 1. The molecule has 2 aromatic rings. The predicted molar refractivity (Wildman–Crippen MR) is 81.1 cm³/mol. The summed E-state index contributed by atoms with van der Waals surface area (Å²) in [6.07, 6.45) is 1.94. The van der Waals surface area contributed by atoms with Gasteiger partial charge in [0.15, 0.2) is 5.13 Å². The summed E-state index contributed by atoms with van der Waals surface area (Å²) in [5.74, 6) is 0. The van der Waals surface area contributed by atoms with E-state index >= 15 is 0 Å². The van der Waals surface area contributed by atoms with E-state index in [1.54, 1.807) is 11.3 Å². The Morgan fingerprint density at radius 2 is 2.06 bits per heavy atom. The molecule has 96 valence electrons. The fourth-order valence-electron chi connectivity index (χ4n) is 1.66. The number of nitrogens with one attached hydrogen (secondary N) is 1. The van der Waals surface area contributed by atoms with E-state index in [1.807, 2.05) is 13.2 Å². The van der Waals surface area contributed by atoms with Gasteiger partial charge in [0.25, 0.3) is 0 Å². The molecule has 0 atom stereocenters. The van der Waals surface area contributed by atoms with Crippen LogP contribution in [0.1, 0.15) is 10.4 Å². The maximum atomic E-state index is 4.44. The zero-order valence-corrected chi connectivity index (χ0v) is 12.9. The van der Waals surface area contributed by atoms with Crippen LogP contribution in [0.15, 0.2) is 34.9 Å². The third kappa shape index (κ3) is 3.54. The van der Waals surface area contributed by atoms with Crippen LogP contribution < -0.4 is 10.2 Å². The van der Waals surface area contributed by atoms with Crippen molar-refractivity contribution in [3.05, 3.63) is 45.4 Å². The zero-order valence-electron chi connectivity index (χ0n) is 10.5. The van der Waals surface area contributed by atoms with Crippen LogP contribution in [-0.4, -0.2) is 19.1 Å². The van der Waals surface area contributed by atoms with Gasteiger partial charge in [0.1, 0.15) is 0 Å². The molecule has 0 saturated carbocycles. The Kier molecular flexibility index (Phi) is 4.74. The molecule has 0 spiro atoms. The van der Waals surface area contributed by atoms with E-state index in [9.17, 15) is 0 Å². The standard InChI is InChI=1S/C13H16BrN3S/c1-15-7-12-8-16-13(18-12)17(2)9-10-3-5-11(14)6-4-10/h3-6,8,15H,7,9H2,1-2H3. The first kappa shape index (κ1) is 13.5. The van der Waals surface area contributed by atoms with Gasteiger partial charge in [-0.05, 0) is 24.7 Å². The Morgan fingerprint density at radius 3 is 2.72 bits per heavy atom. The van der Waals surface area contributed by atoms with E-state index in [4.69, 9.17) is 0 Å². The number of thiazole rings is 1. The van der Waals surface area contributed by atoms with E-state index in [0.717, 1.165) is 22.7 Å². The first-order valence-electron chi connectivity index (χ1n) is 5.74. The molecule has 0 unspecified atom stereocenters. The van der Waals surface area contributed by atoms with Gasteiger partial charge in [-0.25, -0.2) is 4.98 Å². The first-order valence-corrected chi connectivity index (χ1v) is 7.35. The molecule has 0 aliphatic heterocycles. The lowest BCUT2D eigenvalue weighted by molar-refractivity contribution is 0.829. The molecule has 5 heteroatoms. The summed E-state index contributed by atoms with van der Waals surface area (Å²) in [5, 5.41) is 4.20. The fraction of sp³-hybridized carbons (Fsp3) is 0.308. The van der Waals surface area contributed by atoms with Crippen LogP contribution in [0, 0.1) is 0 Å². The summed E-state index contributed by atoms with van der Waals surface area (Å²) in [4.78, 5) is 7.88. The molecule has 0 aliphatic carbocycles. The van der Waals surface area contributed by atoms with Gasteiger partial charge in [-0.2, -0.15) is 0 Å². The van der Waals surface area contributed by atoms with Crippen molar-refractivity contribution in [3.63, 3.8) is 0 Å². The third-order valence-corrected chi connectivity index (χ3v) is 4.19. The average Bonchev–Trinajstić information content (AvgIpc) is 2.81. The summed E-state index contributed by atoms with van der Waals surface area (Å²) >= 11 is 5.18. The second kappa shape index (κ2) is 6.31. The number of hydrogen-bond donors (Lipinski definition) is 1. The molecule has 18 heavy (non-hydrogen) atoms. The van der Waals surface area contributed by atoms with E-state index in [2.05, 4.69) is 62.4 Å². The van der Waals surface area contributed by atoms with Crippen LogP contribution in [0.2, 0.25) is 0 Å². The highest BCUT2D eigenvalue weighted by atomic mass is 79.9. The zero-order chi connectivity index (χ0) is 13.0. The third-order valence-electron chi connectivity index (χ3n) is 2.55. The molecule has 0 aliphatic rings. The van der Waals surface area contributed by atoms with E-state index in [0.29, 0.717) is 0 Å². The van der Waals surface area contributed by atoms with E-state index < -0.39 is 0 Å². The van der Waals surface area contributed by atoms with Gasteiger partial charge in [-0.1, -0.05) is 28.1 Å². The van der Waals surface area contributed by atoms with Crippen LogP contribution in [0.3, 0.4) is 0 Å². The molecule has 1 aromatic carbocycles. The molecule has 0 fully saturated rings. The van der Waals surface area contributed by atoms with Crippen molar-refractivity contribution >= 4 is 32.4 Å². The SMILES string of the molecule is CNCc1cnc(N(C)Cc2ccc(Br)cc2)s1. The van der Waals surface area contributed by atoms with E-state index in [1.165, 1.54) is 10.4 Å². The summed E-state index contributed by atoms with van der Waals surface area (Å²) in [6, 6.07) is 8.39. The maximum Gasteiger partial charge on any atom is 0.185 e. The predicted octanol–water partition coefficient (Wildman–Crippen LogP) is 3.26. The quantitative estimate of drug-likeness (QED) is 0.914. The normalized spacial score (nSPS) is 10.6. The van der Waals surface area contributed by atoms with E-state index in [-0.39, 0.29) is 0 Å². The van der Waals surface area contributed by atoms with Crippen LogP contribution >= 0.6 is 27.3 Å².